The van der Waals surface area contributed by atoms with E-state index in [4.69, 9.17) is 23.7 Å². The first kappa shape index (κ1) is 21.5. The minimum absolute atomic E-state index is 0.163. The van der Waals surface area contributed by atoms with Gasteiger partial charge in [0.25, 0.3) is 0 Å². The Balaban J connectivity index is 1.43. The van der Waals surface area contributed by atoms with E-state index < -0.39 is 48.4 Å². The molecule has 0 radical (unpaired) electrons. The van der Waals surface area contributed by atoms with Gasteiger partial charge in [0.15, 0.2) is 5.79 Å². The Morgan fingerprint density at radius 1 is 0.871 bits per heavy atom. The van der Waals surface area contributed by atoms with Crippen LogP contribution in [0.2, 0.25) is 0 Å². The summed E-state index contributed by atoms with van der Waals surface area (Å²) in [6.45, 7) is 2.78. The molecular formula is C23H24O8. The lowest BCUT2D eigenvalue weighted by molar-refractivity contribution is -0.286. The summed E-state index contributed by atoms with van der Waals surface area (Å²) in [5.41, 5.74) is 0.742. The molecule has 2 aliphatic rings. The number of esters is 2. The average Bonchev–Trinajstić information content (AvgIpc) is 3.23. The van der Waals surface area contributed by atoms with Crippen LogP contribution in [0.3, 0.4) is 0 Å². The van der Waals surface area contributed by atoms with Crippen LogP contribution in [0.25, 0.3) is 0 Å². The van der Waals surface area contributed by atoms with Crippen molar-refractivity contribution in [3.63, 3.8) is 0 Å². The molecule has 164 valence electrons. The molecule has 0 bridgehead atoms. The molecule has 4 rings (SSSR count). The highest BCUT2D eigenvalue weighted by molar-refractivity contribution is 5.89. The number of ether oxygens (including phenoxy) is 5. The lowest BCUT2D eigenvalue weighted by Gasteiger charge is -2.29. The molecule has 2 aromatic carbocycles. The van der Waals surface area contributed by atoms with Crippen LogP contribution in [0, 0.1) is 0 Å². The van der Waals surface area contributed by atoms with Gasteiger partial charge in [-0.3, -0.25) is 0 Å². The zero-order valence-corrected chi connectivity index (χ0v) is 17.2. The van der Waals surface area contributed by atoms with Gasteiger partial charge < -0.3 is 28.8 Å². The summed E-state index contributed by atoms with van der Waals surface area (Å²) in [6, 6.07) is 16.9. The van der Waals surface area contributed by atoms with Gasteiger partial charge in [-0.1, -0.05) is 36.4 Å². The number of carbonyl (C=O) groups is 2. The summed E-state index contributed by atoms with van der Waals surface area (Å²) >= 11 is 0. The molecule has 1 N–H and O–H groups in total. The molecule has 4 atom stereocenters. The van der Waals surface area contributed by atoms with E-state index in [1.54, 1.807) is 74.5 Å². The predicted molar refractivity (Wildman–Crippen MR) is 107 cm³/mol. The zero-order valence-electron chi connectivity index (χ0n) is 17.2. The quantitative estimate of drug-likeness (QED) is 0.700. The van der Waals surface area contributed by atoms with E-state index in [0.29, 0.717) is 11.1 Å². The molecule has 0 saturated carbocycles. The second kappa shape index (κ2) is 8.39. The molecule has 2 heterocycles. The van der Waals surface area contributed by atoms with Crippen LogP contribution in [0.4, 0.5) is 0 Å². The molecule has 31 heavy (non-hydrogen) atoms. The second-order valence-electron chi connectivity index (χ2n) is 7.93. The van der Waals surface area contributed by atoms with Crippen molar-refractivity contribution >= 4 is 11.9 Å². The van der Waals surface area contributed by atoms with Gasteiger partial charge in [-0.2, -0.15) is 0 Å². The first-order chi connectivity index (χ1) is 14.8. The summed E-state index contributed by atoms with van der Waals surface area (Å²) in [5, 5.41) is 11.1. The highest BCUT2D eigenvalue weighted by Crippen LogP contribution is 2.43. The normalized spacial score (nSPS) is 28.7. The Morgan fingerprint density at radius 2 is 1.42 bits per heavy atom. The van der Waals surface area contributed by atoms with Crippen molar-refractivity contribution < 1.29 is 38.4 Å². The Kier molecular flexibility index (Phi) is 5.81. The van der Waals surface area contributed by atoms with Crippen LogP contribution in [0.15, 0.2) is 60.7 Å². The van der Waals surface area contributed by atoms with Gasteiger partial charge in [0.05, 0.1) is 11.1 Å². The molecule has 8 heteroatoms. The molecule has 0 amide bonds. The molecule has 2 saturated heterocycles. The van der Waals surface area contributed by atoms with E-state index >= 15 is 0 Å². The minimum Gasteiger partial charge on any atom is -0.459 e. The van der Waals surface area contributed by atoms with Crippen molar-refractivity contribution in [2.24, 2.45) is 0 Å². The van der Waals surface area contributed by atoms with Crippen molar-refractivity contribution in [1.29, 1.82) is 0 Å². The van der Waals surface area contributed by atoms with E-state index in [2.05, 4.69) is 0 Å². The van der Waals surface area contributed by atoms with E-state index in [1.807, 2.05) is 0 Å². The molecular weight excluding hydrogens is 404 g/mol. The summed E-state index contributed by atoms with van der Waals surface area (Å²) in [7, 11) is 0. The van der Waals surface area contributed by atoms with Crippen LogP contribution in [0.5, 0.6) is 0 Å². The molecule has 2 fully saturated rings. The zero-order chi connectivity index (χ0) is 22.1. The molecule has 0 aliphatic carbocycles. The van der Waals surface area contributed by atoms with Gasteiger partial charge in [0.2, 0.25) is 5.79 Å². The molecule has 2 aromatic rings. The number of hydrogen-bond acceptors (Lipinski definition) is 8. The minimum atomic E-state index is -1.95. The number of carbonyl (C=O) groups excluding carboxylic acids is 2. The Morgan fingerprint density at radius 3 is 2.00 bits per heavy atom. The highest BCUT2D eigenvalue weighted by Gasteiger charge is 2.63. The molecule has 1 unspecified atom stereocenters. The summed E-state index contributed by atoms with van der Waals surface area (Å²) in [5.74, 6) is -4.07. The van der Waals surface area contributed by atoms with Crippen LogP contribution in [-0.2, 0) is 23.7 Å². The first-order valence-corrected chi connectivity index (χ1v) is 9.98. The fourth-order valence-electron chi connectivity index (χ4n) is 3.69. The number of fused-ring (bicyclic) bond motifs is 1. The number of rotatable bonds is 6. The predicted octanol–water partition coefficient (Wildman–Crippen LogP) is 2.31. The van der Waals surface area contributed by atoms with Gasteiger partial charge in [-0.05, 0) is 38.1 Å². The van der Waals surface area contributed by atoms with Gasteiger partial charge in [-0.15, -0.1) is 0 Å². The van der Waals surface area contributed by atoms with Crippen LogP contribution in [-0.4, -0.2) is 60.1 Å². The van der Waals surface area contributed by atoms with Gasteiger partial charge in [0, 0.05) is 0 Å². The first-order valence-electron chi connectivity index (χ1n) is 9.98. The maximum atomic E-state index is 12.3. The topological polar surface area (TPSA) is 101 Å². The monoisotopic (exact) mass is 428 g/mol. The van der Waals surface area contributed by atoms with Crippen LogP contribution in [0.1, 0.15) is 34.6 Å². The summed E-state index contributed by atoms with van der Waals surface area (Å²) in [6.07, 6.45) is -2.44. The molecule has 0 spiro atoms. The Labute approximate surface area is 179 Å². The second-order valence-corrected chi connectivity index (χ2v) is 7.93. The van der Waals surface area contributed by atoms with Crippen molar-refractivity contribution in [3.05, 3.63) is 71.8 Å². The van der Waals surface area contributed by atoms with Crippen molar-refractivity contribution in [3.8, 4) is 0 Å². The van der Waals surface area contributed by atoms with E-state index in [1.165, 1.54) is 0 Å². The maximum absolute atomic E-state index is 12.3. The third kappa shape index (κ3) is 4.62. The van der Waals surface area contributed by atoms with Crippen molar-refractivity contribution in [2.45, 2.75) is 43.7 Å². The van der Waals surface area contributed by atoms with Crippen molar-refractivity contribution in [1.82, 2.24) is 0 Å². The third-order valence-corrected chi connectivity index (χ3v) is 5.10. The van der Waals surface area contributed by atoms with E-state index in [9.17, 15) is 14.7 Å². The standard InChI is InChI=1S/C23H24O8/c1-22(2)30-18-17(13-27-20(24)15-9-5-3-6-10-15)29-23(26,19(18)31-22)14-28-21(25)16-11-7-4-8-12-16/h3-12,17-19,26H,13-14H2,1-2H3/t17-,18-,19-,23?/m1/s1. The number of benzene rings is 2. The van der Waals surface area contributed by atoms with E-state index in [-0.39, 0.29) is 6.61 Å². The molecule has 8 nitrogen and oxygen atoms in total. The maximum Gasteiger partial charge on any atom is 0.338 e. The SMILES string of the molecule is CC1(C)O[C@H]2[C@@H](O1)C(O)(COC(=O)c1ccccc1)O[C@@H]2COC(=O)c1ccccc1. The smallest absolute Gasteiger partial charge is 0.338 e. The van der Waals surface area contributed by atoms with Gasteiger partial charge >= 0.3 is 11.9 Å². The molecule has 0 aromatic heterocycles. The lowest BCUT2D eigenvalue weighted by Crippen LogP contribution is -2.47. The van der Waals surface area contributed by atoms with Crippen molar-refractivity contribution in [2.75, 3.05) is 13.2 Å². The summed E-state index contributed by atoms with van der Waals surface area (Å²) in [4.78, 5) is 24.6. The van der Waals surface area contributed by atoms with Crippen LogP contribution >= 0.6 is 0 Å². The number of hydrogen-bond donors (Lipinski definition) is 1. The fraction of sp³-hybridized carbons (Fsp3) is 0.391. The number of aliphatic hydroxyl groups is 1. The molecule has 2 aliphatic heterocycles. The van der Waals surface area contributed by atoms with Crippen LogP contribution < -0.4 is 0 Å². The fourth-order valence-corrected chi connectivity index (χ4v) is 3.69. The third-order valence-electron chi connectivity index (χ3n) is 5.10. The Bertz CT molecular complexity index is 929. The van der Waals surface area contributed by atoms with Gasteiger partial charge in [0.1, 0.15) is 31.5 Å². The Hall–Kier alpha value is -2.78. The summed E-state index contributed by atoms with van der Waals surface area (Å²) < 4.78 is 28.1. The van der Waals surface area contributed by atoms with Gasteiger partial charge in [-0.25, -0.2) is 9.59 Å². The van der Waals surface area contributed by atoms with E-state index in [0.717, 1.165) is 0 Å². The average molecular weight is 428 g/mol. The highest BCUT2D eigenvalue weighted by atomic mass is 16.8. The lowest BCUT2D eigenvalue weighted by atomic mass is 10.1. The largest absolute Gasteiger partial charge is 0.459 e.